The number of aromatic nitrogens is 2. The maximum absolute atomic E-state index is 12.7. The van der Waals surface area contributed by atoms with Gasteiger partial charge in [0.2, 0.25) is 5.88 Å². The fourth-order valence-electron chi connectivity index (χ4n) is 3.03. The molecule has 1 aliphatic heterocycles. The minimum Gasteiger partial charge on any atom is -0.488 e. The molecule has 34 heavy (non-hydrogen) atoms. The van der Waals surface area contributed by atoms with Gasteiger partial charge in [-0.25, -0.2) is 20.1 Å². The Hall–Kier alpha value is -3.99. The Morgan fingerprint density at radius 2 is 1.97 bits per heavy atom. The molecule has 1 aromatic carbocycles. The van der Waals surface area contributed by atoms with Crippen molar-refractivity contribution in [3.05, 3.63) is 54.1 Å². The van der Waals surface area contributed by atoms with E-state index in [0.29, 0.717) is 18.1 Å². The fraction of sp³-hybridized carbons (Fsp3) is 0.348. The molecule has 2 amide bonds. The lowest BCUT2D eigenvalue weighted by atomic mass is 10.2. The number of likely N-dealkylation sites (tertiary alicyclic amines) is 1. The van der Waals surface area contributed by atoms with E-state index in [0.717, 1.165) is 19.5 Å². The number of amides is 2. The van der Waals surface area contributed by atoms with Gasteiger partial charge in [-0.2, -0.15) is 0 Å². The van der Waals surface area contributed by atoms with Crippen molar-refractivity contribution in [2.45, 2.75) is 19.4 Å². The maximum atomic E-state index is 12.7. The van der Waals surface area contributed by atoms with Crippen molar-refractivity contribution >= 4 is 17.6 Å². The van der Waals surface area contributed by atoms with E-state index < -0.39 is 5.91 Å². The summed E-state index contributed by atoms with van der Waals surface area (Å²) in [5.41, 5.74) is 0.508. The summed E-state index contributed by atoms with van der Waals surface area (Å²) in [5.74, 6) is 0.412. The highest BCUT2D eigenvalue weighted by Gasteiger charge is 2.23. The zero-order chi connectivity index (χ0) is 24.5. The Morgan fingerprint density at radius 3 is 2.59 bits per heavy atom. The van der Waals surface area contributed by atoms with Gasteiger partial charge in [-0.15, -0.1) is 0 Å². The molecule has 0 aliphatic carbocycles. The van der Waals surface area contributed by atoms with E-state index in [1.165, 1.54) is 24.5 Å². The quantitative estimate of drug-likeness (QED) is 0.330. The molecule has 0 radical (unpaired) electrons. The van der Waals surface area contributed by atoms with Gasteiger partial charge in [0.15, 0.2) is 0 Å². The number of benzene rings is 1. The number of ether oxygens (including phenoxy) is 3. The summed E-state index contributed by atoms with van der Waals surface area (Å²) < 4.78 is 16.8. The van der Waals surface area contributed by atoms with Crippen LogP contribution >= 0.6 is 0 Å². The van der Waals surface area contributed by atoms with E-state index in [-0.39, 0.29) is 35.0 Å². The van der Waals surface area contributed by atoms with Crippen molar-refractivity contribution in [1.29, 1.82) is 0 Å². The number of nitrogens with one attached hydrogen (secondary N) is 2. The molecular weight excluding hydrogens is 440 g/mol. The van der Waals surface area contributed by atoms with E-state index in [4.69, 9.17) is 19.6 Å². The predicted octanol–water partition coefficient (Wildman–Crippen LogP) is 0.149. The summed E-state index contributed by atoms with van der Waals surface area (Å²) in [6, 6.07) is 4.72. The van der Waals surface area contributed by atoms with Gasteiger partial charge in [0, 0.05) is 45.6 Å². The lowest BCUT2D eigenvalue weighted by molar-refractivity contribution is -0.115. The van der Waals surface area contributed by atoms with Crippen molar-refractivity contribution in [3.63, 3.8) is 0 Å². The molecule has 1 saturated heterocycles. The first kappa shape index (κ1) is 24.6. The number of carbonyl (C=O) groups excluding carboxylic acids is 2. The largest absolute Gasteiger partial charge is 0.488 e. The summed E-state index contributed by atoms with van der Waals surface area (Å²) in [5, 5.41) is 11.2. The molecule has 11 heteroatoms. The first-order chi connectivity index (χ1) is 16.4. The molecule has 0 saturated carbocycles. The lowest BCUT2D eigenvalue weighted by Crippen LogP contribution is -2.49. The normalized spacial score (nSPS) is 13.7. The Kier molecular flexibility index (Phi) is 8.52. The third-order valence-electron chi connectivity index (χ3n) is 4.78. The number of carbonyl (C=O) groups is 2. The summed E-state index contributed by atoms with van der Waals surface area (Å²) in [4.78, 5) is 35.0. The van der Waals surface area contributed by atoms with Crippen LogP contribution in [0.3, 0.4) is 0 Å². The second-order valence-corrected chi connectivity index (χ2v) is 7.60. The zero-order valence-corrected chi connectivity index (χ0v) is 19.4. The molecule has 1 fully saturated rings. The number of hydrogen-bond donors (Lipinski definition) is 3. The Balaban J connectivity index is 1.79. The van der Waals surface area contributed by atoms with Crippen LogP contribution in [0.4, 0.5) is 0 Å². The first-order valence-electron chi connectivity index (χ1n) is 10.8. The number of nitrogens with two attached hydrogens (primary N) is 1. The van der Waals surface area contributed by atoms with Crippen molar-refractivity contribution in [1.82, 2.24) is 25.5 Å². The summed E-state index contributed by atoms with van der Waals surface area (Å²) in [6.07, 6.45) is 6.57. The fourth-order valence-corrected chi connectivity index (χ4v) is 3.03. The Morgan fingerprint density at radius 1 is 1.21 bits per heavy atom. The second-order valence-electron chi connectivity index (χ2n) is 7.60. The van der Waals surface area contributed by atoms with Gasteiger partial charge in [0.25, 0.3) is 11.7 Å². The van der Waals surface area contributed by atoms with Crippen LogP contribution in [0.1, 0.15) is 34.2 Å². The molecule has 1 aliphatic rings. The van der Waals surface area contributed by atoms with Gasteiger partial charge in [-0.1, -0.05) is 0 Å². The lowest BCUT2D eigenvalue weighted by Gasteiger charge is -2.30. The smallest absolute Gasteiger partial charge is 0.339 e. The van der Waals surface area contributed by atoms with E-state index in [1.807, 2.05) is 6.92 Å². The molecule has 2 aromatic rings. The number of rotatable bonds is 10. The van der Waals surface area contributed by atoms with Crippen LogP contribution in [-0.4, -0.2) is 72.5 Å². The van der Waals surface area contributed by atoms with Crippen LogP contribution in [0.25, 0.3) is 0 Å². The van der Waals surface area contributed by atoms with Crippen LogP contribution in [0, 0.1) is 0 Å². The molecule has 0 bridgehead atoms. The SMILES string of the molecule is CN/C=C\C(=[NH2+])NC(=O)c1cc(Oc2cnc(C(=O)N3CCC3)cn2)cc(O[C@@H](C)COC)c1. The molecule has 3 rings (SSSR count). The molecule has 2 heterocycles. The summed E-state index contributed by atoms with van der Waals surface area (Å²) in [6.45, 7) is 3.65. The van der Waals surface area contributed by atoms with E-state index in [1.54, 1.807) is 37.4 Å². The number of amidine groups is 1. The van der Waals surface area contributed by atoms with Gasteiger partial charge >= 0.3 is 5.91 Å². The topological polar surface area (TPSA) is 140 Å². The van der Waals surface area contributed by atoms with E-state index in [2.05, 4.69) is 20.6 Å². The molecule has 1 aromatic heterocycles. The number of nitrogens with zero attached hydrogens (tertiary/aromatic N) is 3. The third-order valence-corrected chi connectivity index (χ3v) is 4.78. The summed E-state index contributed by atoms with van der Waals surface area (Å²) in [7, 11) is 3.29. The highest BCUT2D eigenvalue weighted by atomic mass is 16.5. The minimum atomic E-state index is -0.450. The van der Waals surface area contributed by atoms with Crippen LogP contribution in [0.2, 0.25) is 0 Å². The second kappa shape index (κ2) is 11.8. The molecule has 4 N–H and O–H groups in total. The highest BCUT2D eigenvalue weighted by Crippen LogP contribution is 2.27. The Labute approximate surface area is 197 Å². The minimum absolute atomic E-state index is 0.159. The molecule has 180 valence electrons. The monoisotopic (exact) mass is 469 g/mol. The summed E-state index contributed by atoms with van der Waals surface area (Å²) >= 11 is 0. The first-order valence-corrected chi connectivity index (χ1v) is 10.8. The Bertz CT molecular complexity index is 1050. The molecule has 0 unspecified atom stereocenters. The molecular formula is C23H29N6O5+. The van der Waals surface area contributed by atoms with Crippen molar-refractivity contribution in [3.8, 4) is 17.4 Å². The number of hydrogen-bond acceptors (Lipinski definition) is 8. The van der Waals surface area contributed by atoms with E-state index in [9.17, 15) is 9.59 Å². The predicted molar refractivity (Wildman–Crippen MR) is 124 cm³/mol. The standard InChI is InChI=1S/C23H28N6O5/c1-15(14-32-3)33-17-9-16(22(30)28-20(24)5-6-25-2)10-18(11-17)34-21-13-26-19(12-27-21)23(31)29-7-4-8-29/h5-6,9-13,15,25H,4,7-8,14H2,1-3H3,(H2,24,28,30)/p+1/b6-5-/t15-/m0/s1. The average Bonchev–Trinajstić information content (AvgIpc) is 2.77. The van der Waals surface area contributed by atoms with Crippen LogP contribution in [0.15, 0.2) is 42.9 Å². The molecule has 11 nitrogen and oxygen atoms in total. The molecule has 0 spiro atoms. The van der Waals surface area contributed by atoms with Crippen molar-refractivity contribution in [2.75, 3.05) is 33.9 Å². The van der Waals surface area contributed by atoms with Gasteiger partial charge in [-0.3, -0.25) is 10.2 Å². The highest BCUT2D eigenvalue weighted by molar-refractivity contribution is 6.08. The van der Waals surface area contributed by atoms with Gasteiger partial charge in [0.05, 0.1) is 24.6 Å². The van der Waals surface area contributed by atoms with Gasteiger partial charge < -0.3 is 24.4 Å². The van der Waals surface area contributed by atoms with E-state index >= 15 is 0 Å². The van der Waals surface area contributed by atoms with Crippen LogP contribution in [0.5, 0.6) is 17.4 Å². The van der Waals surface area contributed by atoms with Crippen molar-refractivity contribution in [2.24, 2.45) is 0 Å². The van der Waals surface area contributed by atoms with Crippen LogP contribution < -0.4 is 25.5 Å². The van der Waals surface area contributed by atoms with Gasteiger partial charge in [0.1, 0.15) is 23.3 Å². The molecule has 1 atom stereocenters. The van der Waals surface area contributed by atoms with Crippen LogP contribution in [-0.2, 0) is 4.74 Å². The maximum Gasteiger partial charge on any atom is 0.339 e. The number of methoxy groups -OCH3 is 1. The van der Waals surface area contributed by atoms with Gasteiger partial charge in [-0.05, 0) is 25.5 Å². The van der Waals surface area contributed by atoms with Crippen molar-refractivity contribution < 1.29 is 29.2 Å². The third kappa shape index (κ3) is 6.75. The average molecular weight is 470 g/mol. The zero-order valence-electron chi connectivity index (χ0n) is 19.4.